The topological polar surface area (TPSA) is 17.8 Å². The SMILES string of the molecule is Cc1ccc(Br)c(-n2c(CCl)nc3c(C)cccc32)c1. The first kappa shape index (κ1) is 13.7. The van der Waals surface area contributed by atoms with E-state index in [1.54, 1.807) is 0 Å². The fraction of sp³-hybridized carbons (Fsp3) is 0.188. The predicted molar refractivity (Wildman–Crippen MR) is 87.8 cm³/mol. The first-order chi connectivity index (χ1) is 9.61. The van der Waals surface area contributed by atoms with Gasteiger partial charge in [-0.3, -0.25) is 4.57 Å². The Morgan fingerprint density at radius 2 is 2.00 bits per heavy atom. The summed E-state index contributed by atoms with van der Waals surface area (Å²) in [5, 5.41) is 0. The molecule has 0 atom stereocenters. The number of aryl methyl sites for hydroxylation is 2. The van der Waals surface area contributed by atoms with E-state index in [1.165, 1.54) is 5.56 Å². The Kier molecular flexibility index (Phi) is 3.57. The van der Waals surface area contributed by atoms with Crippen LogP contribution in [0.3, 0.4) is 0 Å². The third kappa shape index (κ3) is 2.15. The summed E-state index contributed by atoms with van der Waals surface area (Å²) in [6.07, 6.45) is 0. The average Bonchev–Trinajstić information content (AvgIpc) is 2.81. The number of alkyl halides is 1. The molecule has 0 radical (unpaired) electrons. The number of halogens is 2. The van der Waals surface area contributed by atoms with E-state index >= 15 is 0 Å². The molecular weight excluding hydrogens is 336 g/mol. The summed E-state index contributed by atoms with van der Waals surface area (Å²) in [5.41, 5.74) is 5.55. The first-order valence-electron chi connectivity index (χ1n) is 6.41. The van der Waals surface area contributed by atoms with Gasteiger partial charge in [0.1, 0.15) is 5.82 Å². The molecule has 0 aliphatic rings. The van der Waals surface area contributed by atoms with Crippen LogP contribution in [0.5, 0.6) is 0 Å². The molecule has 0 spiro atoms. The highest BCUT2D eigenvalue weighted by atomic mass is 79.9. The number of rotatable bonds is 2. The smallest absolute Gasteiger partial charge is 0.129 e. The summed E-state index contributed by atoms with van der Waals surface area (Å²) in [5.74, 6) is 1.25. The molecule has 0 fully saturated rings. The number of fused-ring (bicyclic) bond motifs is 1. The molecule has 0 bridgehead atoms. The second-order valence-corrected chi connectivity index (χ2v) is 6.02. The first-order valence-corrected chi connectivity index (χ1v) is 7.74. The van der Waals surface area contributed by atoms with Crippen LogP contribution in [0.4, 0.5) is 0 Å². The van der Waals surface area contributed by atoms with Crippen molar-refractivity contribution in [1.82, 2.24) is 9.55 Å². The third-order valence-electron chi connectivity index (χ3n) is 3.42. The summed E-state index contributed by atoms with van der Waals surface area (Å²) in [6, 6.07) is 12.5. The van der Waals surface area contributed by atoms with Gasteiger partial charge >= 0.3 is 0 Å². The van der Waals surface area contributed by atoms with Gasteiger partial charge in [-0.25, -0.2) is 4.98 Å². The molecule has 3 aromatic rings. The molecule has 0 N–H and O–H groups in total. The van der Waals surface area contributed by atoms with E-state index in [4.69, 9.17) is 11.6 Å². The van der Waals surface area contributed by atoms with Crippen molar-refractivity contribution in [1.29, 1.82) is 0 Å². The van der Waals surface area contributed by atoms with E-state index in [-0.39, 0.29) is 0 Å². The molecule has 0 saturated heterocycles. The Balaban J connectivity index is 2.40. The quantitative estimate of drug-likeness (QED) is 0.585. The van der Waals surface area contributed by atoms with Gasteiger partial charge in [0.2, 0.25) is 0 Å². The summed E-state index contributed by atoms with van der Waals surface area (Å²) < 4.78 is 3.17. The highest BCUT2D eigenvalue weighted by Crippen LogP contribution is 2.29. The molecule has 4 heteroatoms. The Bertz CT molecular complexity index is 793. The van der Waals surface area contributed by atoms with Gasteiger partial charge < -0.3 is 0 Å². The minimum absolute atomic E-state index is 0.383. The molecule has 0 aliphatic carbocycles. The maximum atomic E-state index is 6.10. The van der Waals surface area contributed by atoms with Crippen molar-refractivity contribution in [3.05, 3.63) is 57.8 Å². The van der Waals surface area contributed by atoms with Gasteiger partial charge in [0.25, 0.3) is 0 Å². The molecule has 1 aromatic heterocycles. The average molecular weight is 350 g/mol. The van der Waals surface area contributed by atoms with Crippen molar-refractivity contribution in [2.24, 2.45) is 0 Å². The summed E-state index contributed by atoms with van der Waals surface area (Å²) in [7, 11) is 0. The number of imidazole rings is 1. The van der Waals surface area contributed by atoms with Crippen molar-refractivity contribution >= 4 is 38.6 Å². The lowest BCUT2D eigenvalue weighted by molar-refractivity contribution is 0.975. The standard InChI is InChI=1S/C16H14BrClN2/c1-10-6-7-12(17)14(8-10)20-13-5-3-4-11(2)16(13)19-15(20)9-18/h3-8H,9H2,1-2H3. The molecule has 0 unspecified atom stereocenters. The number of hydrogen-bond acceptors (Lipinski definition) is 1. The zero-order chi connectivity index (χ0) is 14.3. The van der Waals surface area contributed by atoms with Gasteiger partial charge in [-0.05, 0) is 59.1 Å². The normalized spacial score (nSPS) is 11.2. The number of hydrogen-bond donors (Lipinski definition) is 0. The van der Waals surface area contributed by atoms with Crippen LogP contribution in [0.25, 0.3) is 16.7 Å². The molecule has 20 heavy (non-hydrogen) atoms. The van der Waals surface area contributed by atoms with E-state index in [0.717, 1.165) is 32.6 Å². The third-order valence-corrected chi connectivity index (χ3v) is 4.33. The zero-order valence-corrected chi connectivity index (χ0v) is 13.7. The van der Waals surface area contributed by atoms with Crippen molar-refractivity contribution in [2.75, 3.05) is 0 Å². The van der Waals surface area contributed by atoms with Crippen molar-refractivity contribution in [3.8, 4) is 5.69 Å². The monoisotopic (exact) mass is 348 g/mol. The highest BCUT2D eigenvalue weighted by molar-refractivity contribution is 9.10. The van der Waals surface area contributed by atoms with Gasteiger partial charge in [-0.1, -0.05) is 18.2 Å². The minimum atomic E-state index is 0.383. The van der Waals surface area contributed by atoms with Crippen LogP contribution in [-0.2, 0) is 5.88 Å². The number of nitrogens with zero attached hydrogens (tertiary/aromatic N) is 2. The van der Waals surface area contributed by atoms with E-state index in [2.05, 4.69) is 75.7 Å². The summed E-state index contributed by atoms with van der Waals surface area (Å²) in [4.78, 5) is 4.69. The van der Waals surface area contributed by atoms with E-state index in [9.17, 15) is 0 Å². The van der Waals surface area contributed by atoms with Crippen molar-refractivity contribution in [2.45, 2.75) is 19.7 Å². The van der Waals surface area contributed by atoms with Gasteiger partial charge in [0, 0.05) is 4.47 Å². The minimum Gasteiger partial charge on any atom is -0.294 e. The Morgan fingerprint density at radius 3 is 2.75 bits per heavy atom. The fourth-order valence-corrected chi connectivity index (χ4v) is 3.04. The molecule has 1 heterocycles. The van der Waals surface area contributed by atoms with Crippen molar-refractivity contribution in [3.63, 3.8) is 0 Å². The van der Waals surface area contributed by atoms with Gasteiger partial charge in [0.05, 0.1) is 22.6 Å². The molecule has 0 aliphatic heterocycles. The number of para-hydroxylation sites is 1. The Labute approximate surface area is 131 Å². The fourth-order valence-electron chi connectivity index (χ4n) is 2.44. The van der Waals surface area contributed by atoms with Crippen LogP contribution in [0.1, 0.15) is 17.0 Å². The van der Waals surface area contributed by atoms with Crippen molar-refractivity contribution < 1.29 is 0 Å². The zero-order valence-electron chi connectivity index (χ0n) is 11.3. The molecule has 0 saturated carbocycles. The maximum absolute atomic E-state index is 6.10. The molecule has 2 aromatic carbocycles. The van der Waals surface area contributed by atoms with Gasteiger partial charge in [0.15, 0.2) is 0 Å². The lowest BCUT2D eigenvalue weighted by atomic mass is 10.2. The van der Waals surface area contributed by atoms with Crippen LogP contribution in [0.15, 0.2) is 40.9 Å². The van der Waals surface area contributed by atoms with Crippen LogP contribution in [0.2, 0.25) is 0 Å². The molecule has 0 amide bonds. The lowest BCUT2D eigenvalue weighted by Crippen LogP contribution is -2.00. The highest BCUT2D eigenvalue weighted by Gasteiger charge is 2.15. The Morgan fingerprint density at radius 1 is 1.20 bits per heavy atom. The molecular formula is C16H14BrClN2. The van der Waals surface area contributed by atoms with E-state index in [0.29, 0.717) is 5.88 Å². The van der Waals surface area contributed by atoms with E-state index in [1.807, 2.05) is 0 Å². The summed E-state index contributed by atoms with van der Waals surface area (Å²) >= 11 is 9.73. The van der Waals surface area contributed by atoms with Crippen LogP contribution >= 0.6 is 27.5 Å². The van der Waals surface area contributed by atoms with Gasteiger partial charge in [-0.15, -0.1) is 11.6 Å². The van der Waals surface area contributed by atoms with Crippen LogP contribution in [-0.4, -0.2) is 9.55 Å². The largest absolute Gasteiger partial charge is 0.294 e. The summed E-state index contributed by atoms with van der Waals surface area (Å²) in [6.45, 7) is 4.16. The van der Waals surface area contributed by atoms with E-state index < -0.39 is 0 Å². The predicted octanol–water partition coefficient (Wildman–Crippen LogP) is 5.14. The molecule has 102 valence electrons. The second kappa shape index (κ2) is 5.23. The lowest BCUT2D eigenvalue weighted by Gasteiger charge is -2.11. The van der Waals surface area contributed by atoms with Gasteiger partial charge in [-0.2, -0.15) is 0 Å². The van der Waals surface area contributed by atoms with Crippen LogP contribution in [0, 0.1) is 13.8 Å². The maximum Gasteiger partial charge on any atom is 0.129 e. The number of aromatic nitrogens is 2. The second-order valence-electron chi connectivity index (χ2n) is 4.89. The van der Waals surface area contributed by atoms with Crippen LogP contribution < -0.4 is 0 Å². The molecule has 3 rings (SSSR count). The molecule has 2 nitrogen and oxygen atoms in total. The number of benzene rings is 2. The Hall–Kier alpha value is -1.32.